The second-order valence-electron chi connectivity index (χ2n) is 7.92. The topological polar surface area (TPSA) is 105 Å². The van der Waals surface area contributed by atoms with Crippen LogP contribution in [-0.2, 0) is 11.2 Å². The van der Waals surface area contributed by atoms with Crippen LogP contribution in [0.1, 0.15) is 37.8 Å². The molecule has 0 spiro atoms. The number of aryl methyl sites for hydroxylation is 2. The summed E-state index contributed by atoms with van der Waals surface area (Å²) in [7, 11) is 1.58. The van der Waals surface area contributed by atoms with Crippen LogP contribution in [0.4, 0.5) is 23.1 Å². The number of ether oxygens (including phenoxy) is 1. The minimum atomic E-state index is -0.352. The maximum Gasteiger partial charge on any atom is 0.248 e. The zero-order valence-electron chi connectivity index (χ0n) is 18.9. The van der Waals surface area contributed by atoms with Crippen LogP contribution >= 0.6 is 11.6 Å². The summed E-state index contributed by atoms with van der Waals surface area (Å²) in [6.45, 7) is 4.59. The highest BCUT2D eigenvalue weighted by Crippen LogP contribution is 2.31. The van der Waals surface area contributed by atoms with E-state index in [1.165, 1.54) is 0 Å². The molecule has 1 aliphatic heterocycles. The average molecular weight is 471 g/mol. The van der Waals surface area contributed by atoms with Crippen LogP contribution in [0.5, 0.6) is 5.75 Å². The van der Waals surface area contributed by atoms with Crippen LogP contribution in [-0.4, -0.2) is 40.7 Å². The Bertz CT molecular complexity index is 1140. The Labute approximate surface area is 197 Å². The molecule has 4 rings (SSSR count). The lowest BCUT2D eigenvalue weighted by molar-refractivity contribution is -0.117. The van der Waals surface area contributed by atoms with Gasteiger partial charge in [-0.05, 0) is 44.4 Å². The van der Waals surface area contributed by atoms with Crippen molar-refractivity contribution in [1.29, 1.82) is 0 Å². The number of nitrogens with one attached hydrogen (secondary N) is 2. The molecule has 1 atom stereocenters. The van der Waals surface area contributed by atoms with Crippen molar-refractivity contribution >= 4 is 40.6 Å². The highest BCUT2D eigenvalue weighted by atomic mass is 35.5. The summed E-state index contributed by atoms with van der Waals surface area (Å²) in [5, 5.41) is 10.5. The molecule has 2 aromatic heterocycles. The number of carbonyl (C=O) groups excluding carboxylic acids is 1. The Kier molecular flexibility index (Phi) is 6.98. The molecule has 0 bridgehead atoms. The molecule has 1 saturated heterocycles. The number of hydrogen-bond acceptors (Lipinski definition) is 8. The third-order valence-corrected chi connectivity index (χ3v) is 5.68. The van der Waals surface area contributed by atoms with E-state index in [2.05, 4.69) is 27.7 Å². The molecule has 3 heterocycles. The van der Waals surface area contributed by atoms with Crippen LogP contribution in [0, 0.1) is 6.92 Å². The number of carbonyl (C=O) groups is 1. The Morgan fingerprint density at radius 3 is 2.82 bits per heavy atom. The predicted octanol–water partition coefficient (Wildman–Crippen LogP) is 4.74. The van der Waals surface area contributed by atoms with Crippen LogP contribution in [0.15, 0.2) is 34.9 Å². The highest BCUT2D eigenvalue weighted by molar-refractivity contribution is 6.32. The van der Waals surface area contributed by atoms with Crippen molar-refractivity contribution in [3.63, 3.8) is 0 Å². The lowest BCUT2D eigenvalue weighted by atomic mass is 10.2. The van der Waals surface area contributed by atoms with Crippen molar-refractivity contribution in [1.82, 2.24) is 15.1 Å². The molecule has 10 heteroatoms. The molecule has 1 amide bonds. The fourth-order valence-electron chi connectivity index (χ4n) is 3.87. The zero-order valence-corrected chi connectivity index (χ0v) is 19.6. The number of anilines is 4. The van der Waals surface area contributed by atoms with Crippen molar-refractivity contribution in [2.24, 2.45) is 0 Å². The molecule has 0 radical (unpaired) electrons. The summed E-state index contributed by atoms with van der Waals surface area (Å²) in [6, 6.07) is 8.67. The predicted molar refractivity (Wildman–Crippen MR) is 128 cm³/mol. The monoisotopic (exact) mass is 470 g/mol. The third-order valence-electron chi connectivity index (χ3n) is 5.39. The van der Waals surface area contributed by atoms with Crippen LogP contribution in [0.2, 0.25) is 5.02 Å². The Morgan fingerprint density at radius 1 is 1.27 bits per heavy atom. The largest absolute Gasteiger partial charge is 0.495 e. The van der Waals surface area contributed by atoms with Crippen molar-refractivity contribution in [2.45, 2.75) is 45.6 Å². The number of hydrogen-bond donors (Lipinski definition) is 2. The summed E-state index contributed by atoms with van der Waals surface area (Å²) >= 11 is 6.27. The normalized spacial score (nSPS) is 15.5. The Morgan fingerprint density at radius 2 is 2.12 bits per heavy atom. The van der Waals surface area contributed by atoms with Gasteiger partial charge < -0.3 is 24.8 Å². The zero-order chi connectivity index (χ0) is 23.4. The smallest absolute Gasteiger partial charge is 0.248 e. The maximum absolute atomic E-state index is 13.0. The van der Waals surface area contributed by atoms with Crippen LogP contribution in [0.3, 0.4) is 0 Å². The molecule has 3 aromatic rings. The third kappa shape index (κ3) is 5.36. The summed E-state index contributed by atoms with van der Waals surface area (Å²) in [5.74, 6) is 3.60. The van der Waals surface area contributed by atoms with Crippen molar-refractivity contribution in [2.75, 3.05) is 29.2 Å². The summed E-state index contributed by atoms with van der Waals surface area (Å²) < 4.78 is 10.3. The first-order valence-electron chi connectivity index (χ1n) is 11.0. The molecular weight excluding hydrogens is 444 g/mol. The first kappa shape index (κ1) is 22.8. The standard InChI is InChI=1S/C23H27ClN6O3/c1-4-6-19-26-20(25-15-8-9-18(32-3)16(24)12-15)13-22(27-19)30-10-5-7-17(30)23(31)28-21-11-14(2)33-29-21/h8-9,11-13,17H,4-7,10H2,1-3H3,(H,25,26,27)(H,28,29,31)/t17-/m0/s1. The number of amides is 1. The van der Waals surface area contributed by atoms with Crippen LogP contribution < -0.4 is 20.3 Å². The SMILES string of the molecule is CCCc1nc(Nc2ccc(OC)c(Cl)c2)cc(N2CCC[C@H]2C(=O)Nc2cc(C)on2)n1. The molecule has 0 saturated carbocycles. The summed E-state index contributed by atoms with van der Waals surface area (Å²) in [4.78, 5) is 24.4. The number of nitrogens with zero attached hydrogens (tertiary/aromatic N) is 4. The molecule has 1 aromatic carbocycles. The fourth-order valence-corrected chi connectivity index (χ4v) is 4.13. The molecule has 174 valence electrons. The van der Waals surface area contributed by atoms with Gasteiger partial charge in [-0.2, -0.15) is 0 Å². The molecular formula is C23H27ClN6O3. The number of benzene rings is 1. The number of methoxy groups -OCH3 is 1. The van der Waals surface area contributed by atoms with Gasteiger partial charge in [0.2, 0.25) is 5.91 Å². The lowest BCUT2D eigenvalue weighted by Gasteiger charge is -2.25. The quantitative estimate of drug-likeness (QED) is 0.486. The van der Waals surface area contributed by atoms with Gasteiger partial charge in [0.1, 0.15) is 35.0 Å². The van der Waals surface area contributed by atoms with E-state index in [1.807, 2.05) is 17.0 Å². The van der Waals surface area contributed by atoms with Crippen molar-refractivity contribution < 1.29 is 14.1 Å². The van der Waals surface area contributed by atoms with Crippen molar-refractivity contribution in [3.05, 3.63) is 46.9 Å². The number of halogens is 1. The van der Waals surface area contributed by atoms with E-state index in [-0.39, 0.29) is 11.9 Å². The van der Waals surface area contributed by atoms with E-state index in [0.29, 0.717) is 34.0 Å². The van der Waals surface area contributed by atoms with Gasteiger partial charge in [-0.25, -0.2) is 9.97 Å². The summed E-state index contributed by atoms with van der Waals surface area (Å²) in [6.07, 6.45) is 3.26. The van der Waals surface area contributed by atoms with Gasteiger partial charge >= 0.3 is 0 Å². The molecule has 33 heavy (non-hydrogen) atoms. The van der Waals surface area contributed by atoms with Gasteiger partial charge in [-0.15, -0.1) is 0 Å². The van der Waals surface area contributed by atoms with E-state index >= 15 is 0 Å². The van der Waals surface area contributed by atoms with E-state index in [0.717, 1.165) is 43.7 Å². The Hall–Kier alpha value is -3.33. The number of rotatable bonds is 8. The van der Waals surface area contributed by atoms with Gasteiger partial charge in [0.15, 0.2) is 5.82 Å². The highest BCUT2D eigenvalue weighted by Gasteiger charge is 2.32. The van der Waals surface area contributed by atoms with Crippen LogP contribution in [0.25, 0.3) is 0 Å². The fraction of sp³-hybridized carbons (Fsp3) is 0.391. The van der Waals surface area contributed by atoms with E-state index in [1.54, 1.807) is 32.2 Å². The maximum atomic E-state index is 13.0. The lowest BCUT2D eigenvalue weighted by Crippen LogP contribution is -2.40. The summed E-state index contributed by atoms with van der Waals surface area (Å²) in [5.41, 5.74) is 0.782. The van der Waals surface area contributed by atoms with Gasteiger partial charge in [0.25, 0.3) is 0 Å². The van der Waals surface area contributed by atoms with E-state index in [4.69, 9.17) is 25.8 Å². The molecule has 1 fully saturated rings. The molecule has 9 nitrogen and oxygen atoms in total. The first-order chi connectivity index (χ1) is 16.0. The molecule has 1 aliphatic rings. The van der Waals surface area contributed by atoms with Gasteiger partial charge in [0.05, 0.1) is 12.1 Å². The van der Waals surface area contributed by atoms with Gasteiger partial charge in [-0.1, -0.05) is 23.7 Å². The minimum absolute atomic E-state index is 0.132. The molecule has 0 aliphatic carbocycles. The number of aromatic nitrogens is 3. The molecule has 2 N–H and O–H groups in total. The Balaban J connectivity index is 1.58. The second kappa shape index (κ2) is 10.1. The van der Waals surface area contributed by atoms with E-state index in [9.17, 15) is 4.79 Å². The van der Waals surface area contributed by atoms with E-state index < -0.39 is 0 Å². The average Bonchev–Trinajstić information content (AvgIpc) is 3.43. The minimum Gasteiger partial charge on any atom is -0.495 e. The first-order valence-corrected chi connectivity index (χ1v) is 11.3. The second-order valence-corrected chi connectivity index (χ2v) is 8.32. The van der Waals surface area contributed by atoms with Crippen molar-refractivity contribution in [3.8, 4) is 5.75 Å². The van der Waals surface area contributed by atoms with Gasteiger partial charge in [-0.3, -0.25) is 4.79 Å². The van der Waals surface area contributed by atoms with Gasteiger partial charge in [0, 0.05) is 30.8 Å². The molecule has 0 unspecified atom stereocenters.